The standard InChI is InChI=1S/C13H10ClN5S/c14-12-8-4-5-10(15-12)9-20-13-16-17-18-19(13)11-6-2-1-3-7-11/h1-8H,9H2. The number of halogens is 1. The van der Waals surface area contributed by atoms with E-state index in [1.807, 2.05) is 42.5 Å². The van der Waals surface area contributed by atoms with Gasteiger partial charge in [-0.2, -0.15) is 4.68 Å². The molecular weight excluding hydrogens is 294 g/mol. The molecule has 2 aromatic heterocycles. The number of pyridine rings is 1. The molecule has 0 amide bonds. The van der Waals surface area contributed by atoms with Crippen LogP contribution in [-0.2, 0) is 5.75 Å². The number of nitrogens with zero attached hydrogens (tertiary/aromatic N) is 5. The number of aromatic nitrogens is 5. The maximum absolute atomic E-state index is 5.87. The first-order chi connectivity index (χ1) is 9.83. The van der Waals surface area contributed by atoms with Crippen LogP contribution in [0, 0.1) is 0 Å². The summed E-state index contributed by atoms with van der Waals surface area (Å²) in [7, 11) is 0. The Bertz CT molecular complexity index is 701. The van der Waals surface area contributed by atoms with Crippen LogP contribution >= 0.6 is 23.4 Å². The average molecular weight is 304 g/mol. The Morgan fingerprint density at radius 1 is 1.05 bits per heavy atom. The predicted molar refractivity (Wildman–Crippen MR) is 78.0 cm³/mol. The Morgan fingerprint density at radius 3 is 2.70 bits per heavy atom. The summed E-state index contributed by atoms with van der Waals surface area (Å²) in [5.41, 5.74) is 1.82. The van der Waals surface area contributed by atoms with Crippen LogP contribution in [-0.4, -0.2) is 25.2 Å². The largest absolute Gasteiger partial charge is 0.240 e. The molecule has 0 saturated carbocycles. The highest BCUT2D eigenvalue weighted by Crippen LogP contribution is 2.22. The van der Waals surface area contributed by atoms with E-state index in [9.17, 15) is 0 Å². The summed E-state index contributed by atoms with van der Waals surface area (Å²) in [6.07, 6.45) is 0. The van der Waals surface area contributed by atoms with Crippen molar-refractivity contribution < 1.29 is 0 Å². The van der Waals surface area contributed by atoms with Crippen LogP contribution in [0.25, 0.3) is 5.69 Å². The molecule has 3 aromatic rings. The van der Waals surface area contributed by atoms with E-state index in [4.69, 9.17) is 11.6 Å². The van der Waals surface area contributed by atoms with Crippen LogP contribution < -0.4 is 0 Å². The Morgan fingerprint density at radius 2 is 1.90 bits per heavy atom. The molecule has 0 bridgehead atoms. The van der Waals surface area contributed by atoms with E-state index in [0.717, 1.165) is 16.5 Å². The summed E-state index contributed by atoms with van der Waals surface area (Å²) < 4.78 is 1.70. The SMILES string of the molecule is Clc1cccc(CSc2nnnn2-c2ccccc2)n1. The first-order valence-corrected chi connectivity index (χ1v) is 7.27. The number of hydrogen-bond acceptors (Lipinski definition) is 5. The van der Waals surface area contributed by atoms with Gasteiger partial charge in [-0.25, -0.2) is 4.98 Å². The van der Waals surface area contributed by atoms with Crippen molar-refractivity contribution in [3.05, 3.63) is 59.4 Å². The number of tetrazole rings is 1. The third-order valence-electron chi connectivity index (χ3n) is 2.56. The molecule has 100 valence electrons. The zero-order chi connectivity index (χ0) is 13.8. The van der Waals surface area contributed by atoms with Gasteiger partial charge >= 0.3 is 0 Å². The lowest BCUT2D eigenvalue weighted by Crippen LogP contribution is -1.99. The molecule has 0 radical (unpaired) electrons. The van der Waals surface area contributed by atoms with Gasteiger partial charge < -0.3 is 0 Å². The highest BCUT2D eigenvalue weighted by atomic mass is 35.5. The minimum absolute atomic E-state index is 0.491. The van der Waals surface area contributed by atoms with Gasteiger partial charge in [0.1, 0.15) is 5.15 Å². The van der Waals surface area contributed by atoms with Gasteiger partial charge in [-0.05, 0) is 34.7 Å². The minimum atomic E-state index is 0.491. The number of para-hydroxylation sites is 1. The van der Waals surface area contributed by atoms with E-state index in [1.165, 1.54) is 11.8 Å². The molecule has 7 heteroatoms. The maximum Gasteiger partial charge on any atom is 0.214 e. The van der Waals surface area contributed by atoms with Crippen LogP contribution in [0.15, 0.2) is 53.7 Å². The molecule has 0 fully saturated rings. The van der Waals surface area contributed by atoms with E-state index < -0.39 is 0 Å². The molecule has 1 aromatic carbocycles. The van der Waals surface area contributed by atoms with Crippen molar-refractivity contribution >= 4 is 23.4 Å². The molecule has 2 heterocycles. The van der Waals surface area contributed by atoms with Crippen LogP contribution in [0.4, 0.5) is 0 Å². The molecular formula is C13H10ClN5S. The van der Waals surface area contributed by atoms with Crippen LogP contribution in [0.1, 0.15) is 5.69 Å². The molecule has 5 nitrogen and oxygen atoms in total. The molecule has 0 atom stereocenters. The van der Waals surface area contributed by atoms with Gasteiger partial charge in [0.25, 0.3) is 0 Å². The molecule has 20 heavy (non-hydrogen) atoms. The minimum Gasteiger partial charge on any atom is -0.240 e. The topological polar surface area (TPSA) is 56.5 Å². The fraction of sp³-hybridized carbons (Fsp3) is 0.0769. The van der Waals surface area contributed by atoms with Gasteiger partial charge in [0, 0.05) is 5.75 Å². The van der Waals surface area contributed by atoms with E-state index >= 15 is 0 Å². The van der Waals surface area contributed by atoms with Gasteiger partial charge in [0.2, 0.25) is 5.16 Å². The zero-order valence-corrected chi connectivity index (χ0v) is 11.9. The van der Waals surface area contributed by atoms with Crippen molar-refractivity contribution in [3.8, 4) is 5.69 Å². The molecule has 0 spiro atoms. The number of thioether (sulfide) groups is 1. The van der Waals surface area contributed by atoms with Crippen molar-refractivity contribution in [2.24, 2.45) is 0 Å². The summed E-state index contributed by atoms with van der Waals surface area (Å²) in [4.78, 5) is 4.24. The third kappa shape index (κ3) is 2.97. The number of rotatable bonds is 4. The number of benzene rings is 1. The molecule has 0 saturated heterocycles. The van der Waals surface area contributed by atoms with Crippen LogP contribution in [0.5, 0.6) is 0 Å². The third-order valence-corrected chi connectivity index (χ3v) is 3.73. The second kappa shape index (κ2) is 6.02. The smallest absolute Gasteiger partial charge is 0.214 e. The first kappa shape index (κ1) is 13.1. The fourth-order valence-corrected chi connectivity index (χ4v) is 2.65. The van der Waals surface area contributed by atoms with Crippen molar-refractivity contribution in [2.75, 3.05) is 0 Å². The monoisotopic (exact) mass is 303 g/mol. The van der Waals surface area contributed by atoms with Crippen LogP contribution in [0.3, 0.4) is 0 Å². The molecule has 0 unspecified atom stereocenters. The summed E-state index contributed by atoms with van der Waals surface area (Å²) >= 11 is 7.38. The fourth-order valence-electron chi connectivity index (χ4n) is 1.67. The first-order valence-electron chi connectivity index (χ1n) is 5.91. The maximum atomic E-state index is 5.87. The van der Waals surface area contributed by atoms with Gasteiger partial charge in [0.15, 0.2) is 0 Å². The Hall–Kier alpha value is -1.92. The molecule has 0 aliphatic carbocycles. The van der Waals surface area contributed by atoms with E-state index in [1.54, 1.807) is 10.7 Å². The van der Waals surface area contributed by atoms with Crippen molar-refractivity contribution in [3.63, 3.8) is 0 Å². The summed E-state index contributed by atoms with van der Waals surface area (Å²) in [5.74, 6) is 0.660. The lowest BCUT2D eigenvalue weighted by molar-refractivity contribution is 0.756. The van der Waals surface area contributed by atoms with Crippen LogP contribution in [0.2, 0.25) is 5.15 Å². The zero-order valence-electron chi connectivity index (χ0n) is 10.3. The molecule has 0 N–H and O–H groups in total. The second-order valence-corrected chi connectivity index (χ2v) is 5.28. The Labute approximate surface area is 125 Å². The lowest BCUT2D eigenvalue weighted by Gasteiger charge is -2.03. The second-order valence-electron chi connectivity index (χ2n) is 3.95. The van der Waals surface area contributed by atoms with Crippen molar-refractivity contribution in [1.82, 2.24) is 25.2 Å². The van der Waals surface area contributed by atoms with Gasteiger partial charge in [0.05, 0.1) is 11.4 Å². The normalized spacial score (nSPS) is 10.7. The summed E-state index contributed by atoms with van der Waals surface area (Å²) in [5, 5.41) is 13.0. The highest BCUT2D eigenvalue weighted by molar-refractivity contribution is 7.98. The number of hydrogen-bond donors (Lipinski definition) is 0. The van der Waals surface area contributed by atoms with Gasteiger partial charge in [-0.15, -0.1) is 5.10 Å². The molecule has 0 aliphatic heterocycles. The summed E-state index contributed by atoms with van der Waals surface area (Å²) in [6.45, 7) is 0. The quantitative estimate of drug-likeness (QED) is 0.548. The molecule has 3 rings (SSSR count). The summed E-state index contributed by atoms with van der Waals surface area (Å²) in [6, 6.07) is 15.3. The Kier molecular flexibility index (Phi) is 3.94. The van der Waals surface area contributed by atoms with E-state index in [0.29, 0.717) is 10.9 Å². The van der Waals surface area contributed by atoms with Crippen molar-refractivity contribution in [2.45, 2.75) is 10.9 Å². The van der Waals surface area contributed by atoms with Gasteiger partial charge in [-0.1, -0.05) is 47.6 Å². The lowest BCUT2D eigenvalue weighted by atomic mass is 10.3. The average Bonchev–Trinajstić information content (AvgIpc) is 2.95. The van der Waals surface area contributed by atoms with E-state index in [2.05, 4.69) is 20.5 Å². The van der Waals surface area contributed by atoms with E-state index in [-0.39, 0.29) is 0 Å². The predicted octanol–water partition coefficient (Wildman–Crippen LogP) is 3.00. The molecule has 0 aliphatic rings. The van der Waals surface area contributed by atoms with Gasteiger partial charge in [-0.3, -0.25) is 0 Å². The Balaban J connectivity index is 1.78. The highest BCUT2D eigenvalue weighted by Gasteiger charge is 2.09. The van der Waals surface area contributed by atoms with Crippen molar-refractivity contribution in [1.29, 1.82) is 0 Å².